The lowest BCUT2D eigenvalue weighted by Gasteiger charge is -2.40. The first-order chi connectivity index (χ1) is 18.9. The molecule has 0 aliphatic carbocycles. The molecule has 3 fully saturated rings. The van der Waals surface area contributed by atoms with Crippen molar-refractivity contribution in [3.05, 3.63) is 54.6 Å². The van der Waals surface area contributed by atoms with E-state index in [1.165, 1.54) is 0 Å². The van der Waals surface area contributed by atoms with Crippen molar-refractivity contribution < 1.29 is 24.2 Å². The van der Waals surface area contributed by atoms with E-state index in [0.29, 0.717) is 30.1 Å². The maximum Gasteiger partial charge on any atom is 0.253 e. The van der Waals surface area contributed by atoms with Gasteiger partial charge < -0.3 is 24.5 Å². The molecular formula is C31H42ClN3O5. The van der Waals surface area contributed by atoms with Gasteiger partial charge in [-0.15, -0.1) is 13.2 Å². The van der Waals surface area contributed by atoms with Crippen LogP contribution in [0.25, 0.3) is 0 Å². The van der Waals surface area contributed by atoms with Crippen molar-refractivity contribution in [1.29, 1.82) is 0 Å². The van der Waals surface area contributed by atoms with Crippen LogP contribution < -0.4 is 4.90 Å². The molecule has 3 aliphatic heterocycles. The number of halogens is 1. The second-order valence-corrected chi connectivity index (χ2v) is 12.6. The molecule has 218 valence electrons. The first-order valence-corrected chi connectivity index (χ1v) is 14.4. The maximum absolute atomic E-state index is 14.7. The number of carbonyl (C=O) groups is 3. The molecule has 0 radical (unpaired) electrons. The van der Waals surface area contributed by atoms with E-state index in [4.69, 9.17) is 16.3 Å². The highest BCUT2D eigenvalue weighted by Crippen LogP contribution is 2.66. The van der Waals surface area contributed by atoms with Crippen molar-refractivity contribution in [3.8, 4) is 0 Å². The Balaban J connectivity index is 1.89. The van der Waals surface area contributed by atoms with Gasteiger partial charge in [0.15, 0.2) is 0 Å². The van der Waals surface area contributed by atoms with Crippen LogP contribution in [0.15, 0.2) is 49.6 Å². The fraction of sp³-hybridized carbons (Fsp3) is 0.581. The second-order valence-electron chi connectivity index (χ2n) is 12.1. The van der Waals surface area contributed by atoms with E-state index in [9.17, 15) is 19.5 Å². The zero-order valence-corrected chi connectivity index (χ0v) is 24.9. The summed E-state index contributed by atoms with van der Waals surface area (Å²) in [5, 5.41) is 11.1. The predicted molar refractivity (Wildman–Crippen MR) is 156 cm³/mol. The van der Waals surface area contributed by atoms with Crippen molar-refractivity contribution in [1.82, 2.24) is 9.80 Å². The average Bonchev–Trinajstić information content (AvgIpc) is 3.42. The average molecular weight is 572 g/mol. The van der Waals surface area contributed by atoms with E-state index < -0.39 is 35.1 Å². The van der Waals surface area contributed by atoms with Crippen LogP contribution in [0.1, 0.15) is 40.5 Å². The summed E-state index contributed by atoms with van der Waals surface area (Å²) in [6, 6.07) is 5.29. The topological polar surface area (TPSA) is 90.4 Å². The third kappa shape index (κ3) is 4.68. The minimum absolute atomic E-state index is 0.0843. The van der Waals surface area contributed by atoms with Gasteiger partial charge in [0.25, 0.3) is 5.91 Å². The number of aliphatic hydroxyl groups excluding tert-OH is 1. The van der Waals surface area contributed by atoms with Crippen LogP contribution in [0.5, 0.6) is 0 Å². The lowest BCUT2D eigenvalue weighted by atomic mass is 9.62. The molecule has 1 aromatic carbocycles. The van der Waals surface area contributed by atoms with Crippen molar-refractivity contribution >= 4 is 35.0 Å². The standard InChI is InChI=1S/C31H42ClN3O5/c1-8-14-33(7)27(37)24-25-28(38)35(23(18-36)16-19(3)4)26(31(25)17-20(5)30(24,6)40-31)29(39)34(15-9-2)22-12-10-21(32)11-13-22/h8-13,19-20,23-26,36H,1-2,14-18H2,3-7H3/t20?,23-,24+,25+,26?,30-,31?/m1/s1. The summed E-state index contributed by atoms with van der Waals surface area (Å²) in [4.78, 5) is 47.8. The summed E-state index contributed by atoms with van der Waals surface area (Å²) >= 11 is 6.13. The summed E-state index contributed by atoms with van der Waals surface area (Å²) in [5.41, 5.74) is -1.53. The van der Waals surface area contributed by atoms with Crippen LogP contribution in [-0.4, -0.2) is 82.7 Å². The van der Waals surface area contributed by atoms with Crippen LogP contribution in [0, 0.1) is 23.7 Å². The Kier molecular flexibility index (Phi) is 8.56. The Morgan fingerprint density at radius 3 is 2.38 bits per heavy atom. The molecule has 3 saturated heterocycles. The molecule has 3 heterocycles. The van der Waals surface area contributed by atoms with Crippen LogP contribution in [0.2, 0.25) is 5.02 Å². The molecule has 1 spiro atoms. The first kappa shape index (κ1) is 30.3. The van der Waals surface area contributed by atoms with Gasteiger partial charge in [0.2, 0.25) is 11.8 Å². The summed E-state index contributed by atoms with van der Waals surface area (Å²) in [5.74, 6) is -2.39. The number of fused-ring (bicyclic) bond motifs is 1. The Bertz CT molecular complexity index is 1170. The monoisotopic (exact) mass is 571 g/mol. The molecule has 3 aliphatic rings. The Morgan fingerprint density at radius 1 is 1.20 bits per heavy atom. The Morgan fingerprint density at radius 2 is 1.82 bits per heavy atom. The molecule has 3 amide bonds. The van der Waals surface area contributed by atoms with Crippen LogP contribution in [0.4, 0.5) is 5.69 Å². The molecule has 9 heteroatoms. The molecular weight excluding hydrogens is 530 g/mol. The van der Waals surface area contributed by atoms with Gasteiger partial charge in [-0.25, -0.2) is 0 Å². The number of anilines is 1. The van der Waals surface area contributed by atoms with Crippen molar-refractivity contribution in [2.24, 2.45) is 23.7 Å². The predicted octanol–water partition coefficient (Wildman–Crippen LogP) is 3.92. The number of ether oxygens (including phenoxy) is 1. The Hall–Kier alpha value is -2.68. The SMILES string of the molecule is C=CCN(C)C(=O)[C@@H]1[C@H]2C(=O)N([C@@H](CO)CC(C)C)C(C(=O)N(CC=C)c3ccc(Cl)cc3)C23CC(C)[C@@]1(C)O3. The molecule has 7 atom stereocenters. The van der Waals surface area contributed by atoms with Gasteiger partial charge in [0.05, 0.1) is 30.1 Å². The highest BCUT2D eigenvalue weighted by Gasteiger charge is 2.80. The van der Waals surface area contributed by atoms with Crippen molar-refractivity contribution in [3.63, 3.8) is 0 Å². The third-order valence-electron chi connectivity index (χ3n) is 9.10. The number of amides is 3. The minimum atomic E-state index is -1.21. The van der Waals surface area contributed by atoms with Gasteiger partial charge in [-0.2, -0.15) is 0 Å². The van der Waals surface area contributed by atoms with Crippen LogP contribution in [-0.2, 0) is 19.1 Å². The van der Waals surface area contributed by atoms with E-state index in [1.807, 2.05) is 27.7 Å². The van der Waals surface area contributed by atoms with E-state index in [1.54, 1.807) is 58.2 Å². The van der Waals surface area contributed by atoms with Crippen LogP contribution in [0.3, 0.4) is 0 Å². The lowest BCUT2D eigenvalue weighted by Crippen LogP contribution is -2.59. The fourth-order valence-corrected chi connectivity index (χ4v) is 7.41. The summed E-state index contributed by atoms with van der Waals surface area (Å²) < 4.78 is 6.85. The van der Waals surface area contributed by atoms with E-state index in [-0.39, 0.29) is 42.7 Å². The second kappa shape index (κ2) is 11.3. The number of carbonyl (C=O) groups excluding carboxylic acids is 3. The van der Waals surface area contributed by atoms with Gasteiger partial charge in [-0.3, -0.25) is 14.4 Å². The number of likely N-dealkylation sites (N-methyl/N-ethyl adjacent to an activating group) is 1. The van der Waals surface area contributed by atoms with E-state index in [0.717, 1.165) is 0 Å². The van der Waals surface area contributed by atoms with Gasteiger partial charge in [0, 0.05) is 30.8 Å². The molecule has 4 rings (SSSR count). The largest absolute Gasteiger partial charge is 0.394 e. The van der Waals surface area contributed by atoms with Crippen molar-refractivity contribution in [2.45, 2.75) is 63.8 Å². The summed E-state index contributed by atoms with van der Waals surface area (Å²) in [6.45, 7) is 15.8. The molecule has 1 N–H and O–H groups in total. The number of hydrogen-bond acceptors (Lipinski definition) is 5. The zero-order valence-electron chi connectivity index (χ0n) is 24.2. The highest BCUT2D eigenvalue weighted by molar-refractivity contribution is 6.30. The zero-order chi connectivity index (χ0) is 29.6. The number of rotatable bonds is 11. The molecule has 8 nitrogen and oxygen atoms in total. The highest BCUT2D eigenvalue weighted by atomic mass is 35.5. The molecule has 0 aromatic heterocycles. The van der Waals surface area contributed by atoms with Gasteiger partial charge in [0.1, 0.15) is 11.6 Å². The third-order valence-corrected chi connectivity index (χ3v) is 9.35. The normalized spacial score (nSPS) is 31.3. The summed E-state index contributed by atoms with van der Waals surface area (Å²) in [7, 11) is 1.69. The molecule has 40 heavy (non-hydrogen) atoms. The quantitative estimate of drug-likeness (QED) is 0.407. The van der Waals surface area contributed by atoms with E-state index >= 15 is 0 Å². The maximum atomic E-state index is 14.7. The number of nitrogens with zero attached hydrogens (tertiary/aromatic N) is 3. The number of likely N-dealkylation sites (tertiary alicyclic amines) is 1. The van der Waals surface area contributed by atoms with Crippen LogP contribution >= 0.6 is 11.6 Å². The van der Waals surface area contributed by atoms with Gasteiger partial charge in [-0.1, -0.05) is 44.5 Å². The molecule has 2 bridgehead atoms. The fourth-order valence-electron chi connectivity index (χ4n) is 7.29. The van der Waals surface area contributed by atoms with E-state index in [2.05, 4.69) is 13.2 Å². The molecule has 0 saturated carbocycles. The lowest BCUT2D eigenvalue weighted by molar-refractivity contribution is -0.153. The number of hydrogen-bond donors (Lipinski definition) is 1. The molecule has 3 unspecified atom stereocenters. The van der Waals surface area contributed by atoms with Crippen molar-refractivity contribution in [2.75, 3.05) is 31.6 Å². The summed E-state index contributed by atoms with van der Waals surface area (Å²) in [6.07, 6.45) is 4.23. The molecule has 1 aromatic rings. The Labute approximate surface area is 242 Å². The number of aliphatic hydroxyl groups is 1. The number of benzene rings is 1. The van der Waals surface area contributed by atoms with Gasteiger partial charge >= 0.3 is 0 Å². The van der Waals surface area contributed by atoms with Gasteiger partial charge in [-0.05, 0) is 55.9 Å². The first-order valence-electron chi connectivity index (χ1n) is 14.0. The minimum Gasteiger partial charge on any atom is -0.394 e. The smallest absolute Gasteiger partial charge is 0.253 e.